The first-order valence-electron chi connectivity index (χ1n) is 13.6. The van der Waals surface area contributed by atoms with Crippen LogP contribution in [0.15, 0.2) is 47.5 Å². The number of amides is 1. The molecule has 0 radical (unpaired) electrons. The van der Waals surface area contributed by atoms with Gasteiger partial charge in [-0.05, 0) is 56.0 Å². The Hall–Kier alpha value is -2.68. The number of halogens is 4. The number of nitrogens with two attached hydrogens (primary N) is 1. The second-order valence-electron chi connectivity index (χ2n) is 10.3. The van der Waals surface area contributed by atoms with E-state index in [1.165, 1.54) is 25.0 Å². The Labute approximate surface area is 251 Å². The molecule has 2 atom stereocenters. The second-order valence-corrected chi connectivity index (χ2v) is 10.8. The molecule has 0 saturated heterocycles. The van der Waals surface area contributed by atoms with Gasteiger partial charge >= 0.3 is 0 Å². The van der Waals surface area contributed by atoms with Crippen molar-refractivity contribution in [2.24, 2.45) is 10.7 Å². The molecule has 2 aliphatic carbocycles. The number of carbonyl (C=O) groups excluding carboxylic acids is 1. The zero-order chi connectivity index (χ0) is 26.5. The molecule has 11 heteroatoms. The number of anilines is 1. The van der Waals surface area contributed by atoms with Crippen molar-refractivity contribution in [1.82, 2.24) is 15.3 Å². The highest BCUT2D eigenvalue weighted by Crippen LogP contribution is 2.29. The van der Waals surface area contributed by atoms with Gasteiger partial charge in [-0.1, -0.05) is 62.3 Å². The molecule has 3 aromatic rings. The molecule has 0 bridgehead atoms. The van der Waals surface area contributed by atoms with Gasteiger partial charge < -0.3 is 16.4 Å². The van der Waals surface area contributed by atoms with Crippen LogP contribution in [0.4, 0.5) is 10.2 Å². The third-order valence-corrected chi connectivity index (χ3v) is 7.76. The highest BCUT2D eigenvalue weighted by Gasteiger charge is 2.27. The van der Waals surface area contributed by atoms with Crippen molar-refractivity contribution in [1.29, 1.82) is 0 Å². The first-order valence-corrected chi connectivity index (χ1v) is 14.0. The largest absolute Gasteiger partial charge is 0.383 e. The monoisotopic (exact) mass is 608 g/mol. The summed E-state index contributed by atoms with van der Waals surface area (Å²) in [6, 6.07) is 11.5. The van der Waals surface area contributed by atoms with Crippen LogP contribution >= 0.6 is 36.4 Å². The predicted molar refractivity (Wildman–Crippen MR) is 165 cm³/mol. The molecule has 7 nitrogen and oxygen atoms in total. The molecule has 2 fully saturated rings. The summed E-state index contributed by atoms with van der Waals surface area (Å²) in [6.07, 6.45) is 10.4. The number of carbonyl (C=O) groups is 1. The fourth-order valence-corrected chi connectivity index (χ4v) is 5.67. The third kappa shape index (κ3) is 7.95. The summed E-state index contributed by atoms with van der Waals surface area (Å²) in [6.45, 7) is 0. The van der Waals surface area contributed by atoms with Crippen molar-refractivity contribution < 1.29 is 9.18 Å². The summed E-state index contributed by atoms with van der Waals surface area (Å²) in [7, 11) is 0. The summed E-state index contributed by atoms with van der Waals surface area (Å²) >= 11 is 6.33. The molecule has 2 aliphatic rings. The van der Waals surface area contributed by atoms with Crippen LogP contribution in [-0.2, 0) is 0 Å². The number of hydrogen-bond acceptors (Lipinski definition) is 5. The lowest BCUT2D eigenvalue weighted by Crippen LogP contribution is -2.38. The molecule has 0 unspecified atom stereocenters. The quantitative estimate of drug-likeness (QED) is 0.161. The number of benzene rings is 2. The highest BCUT2D eigenvalue weighted by molar-refractivity contribution is 6.31. The van der Waals surface area contributed by atoms with Crippen LogP contribution in [0.1, 0.15) is 80.4 Å². The maximum absolute atomic E-state index is 13.7. The average molecular weight is 610 g/mol. The van der Waals surface area contributed by atoms with Crippen molar-refractivity contribution in [2.45, 2.75) is 82.3 Å². The van der Waals surface area contributed by atoms with Crippen LogP contribution in [0.25, 0.3) is 10.9 Å². The molecule has 40 heavy (non-hydrogen) atoms. The lowest BCUT2D eigenvalue weighted by Gasteiger charge is -2.30. The minimum absolute atomic E-state index is 0. The Balaban J connectivity index is 0.00000220. The van der Waals surface area contributed by atoms with Gasteiger partial charge in [0.15, 0.2) is 0 Å². The molecule has 0 spiro atoms. The summed E-state index contributed by atoms with van der Waals surface area (Å²) in [5.41, 5.74) is 7.49. The number of amidine groups is 1. The highest BCUT2D eigenvalue weighted by atomic mass is 35.5. The number of fused-ring (bicyclic) bond motifs is 1. The number of nitrogens with one attached hydrogen (secondary N) is 2. The van der Waals surface area contributed by atoms with E-state index in [0.29, 0.717) is 27.8 Å². The molecule has 0 aliphatic heterocycles. The van der Waals surface area contributed by atoms with Gasteiger partial charge in [-0.25, -0.2) is 14.4 Å². The van der Waals surface area contributed by atoms with Crippen molar-refractivity contribution in [3.8, 4) is 0 Å². The number of aliphatic imine (C=N–C) groups is 1. The van der Waals surface area contributed by atoms with E-state index < -0.39 is 0 Å². The van der Waals surface area contributed by atoms with E-state index in [0.717, 1.165) is 56.8 Å². The average Bonchev–Trinajstić information content (AvgIpc) is 3.18. The van der Waals surface area contributed by atoms with E-state index in [-0.39, 0.29) is 60.5 Å². The van der Waals surface area contributed by atoms with Gasteiger partial charge in [0, 0.05) is 28.1 Å². The normalized spacial score (nSPS) is 20.1. The topological polar surface area (TPSA) is 105 Å². The van der Waals surface area contributed by atoms with Gasteiger partial charge in [0.2, 0.25) is 5.82 Å². The SMILES string of the molecule is Cl.Cl.NC(=N[C@@H]1CCCC[C@@H]1Nc1nc(C(=O)NC2CCCCCC2)nc2ccc(Cl)cc12)c1cccc(F)c1. The summed E-state index contributed by atoms with van der Waals surface area (Å²) in [5, 5.41) is 8.01. The first-order chi connectivity index (χ1) is 18.5. The maximum atomic E-state index is 13.7. The van der Waals surface area contributed by atoms with E-state index in [9.17, 15) is 9.18 Å². The number of rotatable bonds is 6. The van der Waals surface area contributed by atoms with Gasteiger partial charge in [0.1, 0.15) is 17.5 Å². The second kappa shape index (κ2) is 14.8. The Bertz CT molecular complexity index is 1330. The third-order valence-electron chi connectivity index (χ3n) is 7.53. The Morgan fingerprint density at radius 2 is 1.68 bits per heavy atom. The Morgan fingerprint density at radius 3 is 2.42 bits per heavy atom. The molecule has 1 heterocycles. The molecular formula is C29H36Cl3FN6O. The van der Waals surface area contributed by atoms with E-state index in [1.54, 1.807) is 18.2 Å². The molecule has 2 saturated carbocycles. The van der Waals surface area contributed by atoms with Gasteiger partial charge in [-0.15, -0.1) is 24.8 Å². The van der Waals surface area contributed by atoms with E-state index in [4.69, 9.17) is 22.3 Å². The Kier molecular flexibility index (Phi) is 11.8. The summed E-state index contributed by atoms with van der Waals surface area (Å²) in [5.74, 6) is 0.396. The lowest BCUT2D eigenvalue weighted by atomic mass is 9.90. The number of aromatic nitrogens is 2. The van der Waals surface area contributed by atoms with E-state index >= 15 is 0 Å². The van der Waals surface area contributed by atoms with Crippen LogP contribution in [-0.4, -0.2) is 39.8 Å². The van der Waals surface area contributed by atoms with Crippen LogP contribution < -0.4 is 16.4 Å². The number of hydrogen-bond donors (Lipinski definition) is 3. The van der Waals surface area contributed by atoms with Gasteiger partial charge in [0.05, 0.1) is 11.6 Å². The van der Waals surface area contributed by atoms with Crippen molar-refractivity contribution >= 4 is 64.9 Å². The van der Waals surface area contributed by atoms with E-state index in [1.807, 2.05) is 12.1 Å². The van der Waals surface area contributed by atoms with Crippen LogP contribution in [0.2, 0.25) is 5.02 Å². The fraction of sp³-hybridized carbons (Fsp3) is 0.448. The smallest absolute Gasteiger partial charge is 0.289 e. The van der Waals surface area contributed by atoms with Gasteiger partial charge in [0.25, 0.3) is 5.91 Å². The minimum Gasteiger partial charge on any atom is -0.383 e. The zero-order valence-electron chi connectivity index (χ0n) is 22.2. The molecule has 2 aromatic carbocycles. The maximum Gasteiger partial charge on any atom is 0.289 e. The summed E-state index contributed by atoms with van der Waals surface area (Å²) < 4.78 is 13.7. The molecule has 216 valence electrons. The number of nitrogens with zero attached hydrogens (tertiary/aromatic N) is 3. The van der Waals surface area contributed by atoms with Crippen LogP contribution in [0.3, 0.4) is 0 Å². The molecule has 5 rings (SSSR count). The fourth-order valence-electron chi connectivity index (χ4n) is 5.50. The van der Waals surface area contributed by atoms with Crippen molar-refractivity contribution in [3.63, 3.8) is 0 Å². The lowest BCUT2D eigenvalue weighted by molar-refractivity contribution is 0.0923. The summed E-state index contributed by atoms with van der Waals surface area (Å²) in [4.78, 5) is 27.3. The van der Waals surface area contributed by atoms with E-state index in [2.05, 4.69) is 20.6 Å². The van der Waals surface area contributed by atoms with Crippen LogP contribution in [0.5, 0.6) is 0 Å². The van der Waals surface area contributed by atoms with Crippen molar-refractivity contribution in [2.75, 3.05) is 5.32 Å². The Morgan fingerprint density at radius 1 is 0.950 bits per heavy atom. The molecule has 1 amide bonds. The van der Waals surface area contributed by atoms with Gasteiger partial charge in [-0.2, -0.15) is 0 Å². The zero-order valence-corrected chi connectivity index (χ0v) is 24.6. The van der Waals surface area contributed by atoms with Crippen molar-refractivity contribution in [3.05, 3.63) is 64.7 Å². The predicted octanol–water partition coefficient (Wildman–Crippen LogP) is 6.85. The molecular weight excluding hydrogens is 574 g/mol. The van der Waals surface area contributed by atoms with Crippen LogP contribution in [0, 0.1) is 5.82 Å². The minimum atomic E-state index is -0.349. The molecule has 4 N–H and O–H groups in total. The molecule has 1 aromatic heterocycles. The first kappa shape index (κ1) is 31.8. The standard InChI is InChI=1S/C29H34ClFN6O.2ClH/c30-19-14-15-23-22(17-19)27(37-28(35-23)29(38)33-21-10-3-1-2-4-11-21)36-25-13-6-5-12-24(25)34-26(32)18-8-7-9-20(31)16-18;;/h7-9,14-17,21,24-25H,1-6,10-13H2,(H2,32,34)(H,33,38)(H,35,36,37);2*1H/t24-,25+;;/m1../s1. The van der Waals surface area contributed by atoms with Gasteiger partial charge in [-0.3, -0.25) is 9.79 Å².